The molecule has 0 spiro atoms. The highest BCUT2D eigenvalue weighted by molar-refractivity contribution is 6.04. The SMILES string of the molecule is COc1cccc(NC(=O)c2ccc3c(c2)CCC(N)C3)c1. The summed E-state index contributed by atoms with van der Waals surface area (Å²) in [6.07, 6.45) is 2.82. The smallest absolute Gasteiger partial charge is 0.255 e. The van der Waals surface area contributed by atoms with E-state index in [1.54, 1.807) is 13.2 Å². The van der Waals surface area contributed by atoms with Gasteiger partial charge in [-0.25, -0.2) is 0 Å². The highest BCUT2D eigenvalue weighted by atomic mass is 16.5. The molecule has 2 aromatic rings. The van der Waals surface area contributed by atoms with Crippen LogP contribution in [0.1, 0.15) is 27.9 Å². The van der Waals surface area contributed by atoms with Crippen LogP contribution >= 0.6 is 0 Å². The Morgan fingerprint density at radius 1 is 1.23 bits per heavy atom. The predicted molar refractivity (Wildman–Crippen MR) is 87.4 cm³/mol. The van der Waals surface area contributed by atoms with Crippen molar-refractivity contribution in [3.8, 4) is 5.75 Å². The number of carbonyl (C=O) groups is 1. The highest BCUT2D eigenvalue weighted by Crippen LogP contribution is 2.23. The molecule has 0 saturated heterocycles. The highest BCUT2D eigenvalue weighted by Gasteiger charge is 2.17. The quantitative estimate of drug-likeness (QED) is 0.915. The molecule has 1 unspecified atom stereocenters. The second kappa shape index (κ2) is 6.20. The fraction of sp³-hybridized carbons (Fsp3) is 0.278. The van der Waals surface area contributed by atoms with Crippen LogP contribution in [0.15, 0.2) is 42.5 Å². The van der Waals surface area contributed by atoms with E-state index in [1.165, 1.54) is 11.1 Å². The molecule has 0 fully saturated rings. The van der Waals surface area contributed by atoms with Crippen LogP contribution in [-0.4, -0.2) is 19.1 Å². The van der Waals surface area contributed by atoms with E-state index in [4.69, 9.17) is 10.5 Å². The first kappa shape index (κ1) is 14.6. The number of rotatable bonds is 3. The summed E-state index contributed by atoms with van der Waals surface area (Å²) in [5.74, 6) is 0.614. The molecule has 114 valence electrons. The van der Waals surface area contributed by atoms with Gasteiger partial charge in [0.25, 0.3) is 5.91 Å². The van der Waals surface area contributed by atoms with Gasteiger partial charge in [-0.1, -0.05) is 12.1 Å². The average molecular weight is 296 g/mol. The Balaban J connectivity index is 1.77. The first-order valence-corrected chi connectivity index (χ1v) is 7.48. The molecule has 3 rings (SSSR count). The molecular formula is C18H20N2O2. The Bertz CT molecular complexity index is 697. The summed E-state index contributed by atoms with van der Waals surface area (Å²) < 4.78 is 5.16. The largest absolute Gasteiger partial charge is 0.497 e. The second-order valence-electron chi connectivity index (χ2n) is 5.67. The molecule has 4 heteroatoms. The van der Waals surface area contributed by atoms with Gasteiger partial charge in [-0.05, 0) is 54.7 Å². The standard InChI is InChI=1S/C18H20N2O2/c1-22-17-4-2-3-16(11-17)20-18(21)14-6-5-13-10-15(19)8-7-12(13)9-14/h2-6,9,11,15H,7-8,10,19H2,1H3,(H,20,21). The van der Waals surface area contributed by atoms with E-state index < -0.39 is 0 Å². The minimum Gasteiger partial charge on any atom is -0.497 e. The third kappa shape index (κ3) is 3.12. The van der Waals surface area contributed by atoms with E-state index in [1.807, 2.05) is 36.4 Å². The Morgan fingerprint density at radius 3 is 2.91 bits per heavy atom. The zero-order chi connectivity index (χ0) is 15.5. The van der Waals surface area contributed by atoms with Crippen LogP contribution in [-0.2, 0) is 12.8 Å². The molecule has 3 N–H and O–H groups in total. The van der Waals surface area contributed by atoms with Crippen LogP contribution in [0.2, 0.25) is 0 Å². The molecule has 0 bridgehead atoms. The number of hydrogen-bond acceptors (Lipinski definition) is 3. The van der Waals surface area contributed by atoms with Crippen molar-refractivity contribution in [3.05, 3.63) is 59.2 Å². The third-order valence-corrected chi connectivity index (χ3v) is 4.06. The lowest BCUT2D eigenvalue weighted by Crippen LogP contribution is -2.28. The van der Waals surface area contributed by atoms with Crippen molar-refractivity contribution in [3.63, 3.8) is 0 Å². The summed E-state index contributed by atoms with van der Waals surface area (Å²) in [6.45, 7) is 0. The van der Waals surface area contributed by atoms with Crippen LogP contribution in [0.25, 0.3) is 0 Å². The number of carbonyl (C=O) groups excluding carboxylic acids is 1. The first-order valence-electron chi connectivity index (χ1n) is 7.48. The fourth-order valence-corrected chi connectivity index (χ4v) is 2.83. The minimum atomic E-state index is -0.106. The first-order chi connectivity index (χ1) is 10.7. The lowest BCUT2D eigenvalue weighted by atomic mass is 9.87. The number of benzene rings is 2. The summed E-state index contributed by atoms with van der Waals surface area (Å²) in [7, 11) is 1.61. The van der Waals surface area contributed by atoms with Crippen molar-refractivity contribution in [2.75, 3.05) is 12.4 Å². The number of anilines is 1. The second-order valence-corrected chi connectivity index (χ2v) is 5.67. The number of hydrogen-bond donors (Lipinski definition) is 2. The molecule has 0 aromatic heterocycles. The lowest BCUT2D eigenvalue weighted by Gasteiger charge is -2.21. The molecule has 1 atom stereocenters. The van der Waals surface area contributed by atoms with E-state index in [2.05, 4.69) is 5.32 Å². The third-order valence-electron chi connectivity index (χ3n) is 4.06. The van der Waals surface area contributed by atoms with E-state index in [0.29, 0.717) is 5.56 Å². The van der Waals surface area contributed by atoms with Crippen LogP contribution in [0, 0.1) is 0 Å². The van der Waals surface area contributed by atoms with Gasteiger partial charge in [-0.3, -0.25) is 4.79 Å². The molecule has 1 aliphatic rings. The van der Waals surface area contributed by atoms with Crippen LogP contribution in [0.3, 0.4) is 0 Å². The summed E-state index contributed by atoms with van der Waals surface area (Å²) >= 11 is 0. The Kier molecular flexibility index (Phi) is 4.11. The number of nitrogens with two attached hydrogens (primary N) is 1. The molecule has 0 saturated carbocycles. The summed E-state index contributed by atoms with van der Waals surface area (Å²) in [6, 6.07) is 13.5. The Labute approximate surface area is 130 Å². The van der Waals surface area contributed by atoms with Crippen LogP contribution in [0.4, 0.5) is 5.69 Å². The van der Waals surface area contributed by atoms with Gasteiger partial charge in [0.05, 0.1) is 7.11 Å². The Hall–Kier alpha value is -2.33. The van der Waals surface area contributed by atoms with E-state index in [9.17, 15) is 4.79 Å². The van der Waals surface area contributed by atoms with Crippen molar-refractivity contribution < 1.29 is 9.53 Å². The number of ether oxygens (including phenoxy) is 1. The lowest BCUT2D eigenvalue weighted by molar-refractivity contribution is 0.102. The molecule has 2 aromatic carbocycles. The van der Waals surface area contributed by atoms with E-state index in [0.717, 1.165) is 30.7 Å². The minimum absolute atomic E-state index is 0.106. The molecule has 1 aliphatic carbocycles. The van der Waals surface area contributed by atoms with Gasteiger partial charge in [0.15, 0.2) is 0 Å². The molecule has 0 radical (unpaired) electrons. The van der Waals surface area contributed by atoms with Gasteiger partial charge >= 0.3 is 0 Å². The van der Waals surface area contributed by atoms with Crippen LogP contribution < -0.4 is 15.8 Å². The van der Waals surface area contributed by atoms with Crippen molar-refractivity contribution in [1.29, 1.82) is 0 Å². The zero-order valence-corrected chi connectivity index (χ0v) is 12.6. The fourth-order valence-electron chi connectivity index (χ4n) is 2.83. The number of amides is 1. The number of methoxy groups -OCH3 is 1. The maximum atomic E-state index is 12.4. The van der Waals surface area contributed by atoms with Gasteiger partial charge in [0, 0.05) is 23.4 Å². The average Bonchev–Trinajstić information content (AvgIpc) is 2.54. The number of nitrogens with one attached hydrogen (secondary N) is 1. The molecule has 4 nitrogen and oxygen atoms in total. The molecule has 1 amide bonds. The maximum Gasteiger partial charge on any atom is 0.255 e. The normalized spacial score (nSPS) is 16.7. The van der Waals surface area contributed by atoms with E-state index in [-0.39, 0.29) is 11.9 Å². The van der Waals surface area contributed by atoms with Gasteiger partial charge in [0.1, 0.15) is 5.75 Å². The van der Waals surface area contributed by atoms with E-state index >= 15 is 0 Å². The van der Waals surface area contributed by atoms with Gasteiger partial charge in [0.2, 0.25) is 0 Å². The summed E-state index contributed by atoms with van der Waals surface area (Å²) in [4.78, 5) is 12.4. The van der Waals surface area contributed by atoms with Crippen molar-refractivity contribution in [1.82, 2.24) is 0 Å². The predicted octanol–water partition coefficient (Wildman–Crippen LogP) is 2.76. The molecular weight excluding hydrogens is 276 g/mol. The Morgan fingerprint density at radius 2 is 2.09 bits per heavy atom. The van der Waals surface area contributed by atoms with Gasteiger partial charge < -0.3 is 15.8 Å². The molecule has 0 heterocycles. The van der Waals surface area contributed by atoms with Crippen LogP contribution in [0.5, 0.6) is 5.75 Å². The van der Waals surface area contributed by atoms with Gasteiger partial charge in [-0.15, -0.1) is 0 Å². The molecule has 22 heavy (non-hydrogen) atoms. The topological polar surface area (TPSA) is 64.3 Å². The summed E-state index contributed by atoms with van der Waals surface area (Å²) in [5.41, 5.74) is 9.89. The van der Waals surface area contributed by atoms with Crippen molar-refractivity contribution in [2.45, 2.75) is 25.3 Å². The zero-order valence-electron chi connectivity index (χ0n) is 12.6. The maximum absolute atomic E-state index is 12.4. The van der Waals surface area contributed by atoms with Gasteiger partial charge in [-0.2, -0.15) is 0 Å². The summed E-state index contributed by atoms with van der Waals surface area (Å²) in [5, 5.41) is 2.90. The number of fused-ring (bicyclic) bond motifs is 1. The van der Waals surface area contributed by atoms with Crippen molar-refractivity contribution in [2.24, 2.45) is 5.73 Å². The molecule has 0 aliphatic heterocycles. The van der Waals surface area contributed by atoms with Crippen molar-refractivity contribution >= 4 is 11.6 Å². The number of aryl methyl sites for hydroxylation is 1. The monoisotopic (exact) mass is 296 g/mol.